The van der Waals surface area contributed by atoms with Crippen LogP contribution in [-0.2, 0) is 9.78 Å². The Morgan fingerprint density at radius 3 is 1.04 bits per heavy atom. The van der Waals surface area contributed by atoms with E-state index in [2.05, 4.69) is 9.78 Å². The van der Waals surface area contributed by atoms with Crippen LogP contribution in [0.3, 0.4) is 0 Å². The number of carbonyl (C=O) groups excluding carboxylic acids is 4. The molecule has 0 amide bonds. The van der Waals surface area contributed by atoms with Gasteiger partial charge in [-0.05, 0) is 12.1 Å². The molecular weight excluding hydrogens is 401 g/mol. The molecule has 0 saturated heterocycles. The molecule has 28 heavy (non-hydrogen) atoms. The van der Waals surface area contributed by atoms with E-state index in [1.807, 2.05) is 0 Å². The van der Waals surface area contributed by atoms with Crippen LogP contribution in [-0.4, -0.2) is 70.0 Å². The summed E-state index contributed by atoms with van der Waals surface area (Å²) < 4.78 is 0. The molecule has 2 aromatic rings. The van der Waals surface area contributed by atoms with Crippen LogP contribution in [0, 0.1) is 0 Å². The van der Waals surface area contributed by atoms with Gasteiger partial charge < -0.3 is 40.1 Å². The number of aromatic carboxylic acids is 2. The van der Waals surface area contributed by atoms with Crippen LogP contribution in [0.1, 0.15) is 41.4 Å². The second kappa shape index (κ2) is 13.9. The van der Waals surface area contributed by atoms with E-state index in [4.69, 9.17) is 0 Å². The Balaban J connectivity index is 0. The van der Waals surface area contributed by atoms with Crippen LogP contribution in [0.5, 0.6) is 0 Å². The van der Waals surface area contributed by atoms with E-state index < -0.39 is 23.9 Å². The summed E-state index contributed by atoms with van der Waals surface area (Å²) in [7, 11) is 0. The Kier molecular flexibility index (Phi) is 13.9. The van der Waals surface area contributed by atoms with Gasteiger partial charge in [0.25, 0.3) is 0 Å². The number of carboxylic acids is 2. The fraction of sp³-hybridized carbons (Fsp3) is 0. The average Bonchev–Trinajstić information content (AvgIpc) is 2.67. The molecule has 0 radical (unpaired) electrons. The molecule has 0 spiro atoms. The average molecular weight is 409 g/mol. The molecule has 0 aliphatic carbocycles. The molecule has 12 heteroatoms. The predicted octanol–water partition coefficient (Wildman–Crippen LogP) is -3.80. The van der Waals surface area contributed by atoms with Gasteiger partial charge in [-0.25, -0.2) is 9.59 Å². The Morgan fingerprint density at radius 1 is 0.571 bits per heavy atom. The molecule has 0 bridgehead atoms. The van der Waals surface area contributed by atoms with Gasteiger partial charge in [-0.15, -0.1) is 0 Å². The molecule has 2 rings (SSSR count). The first-order valence-corrected chi connectivity index (χ1v) is 6.62. The van der Waals surface area contributed by atoms with Gasteiger partial charge in [0.1, 0.15) is 0 Å². The Hall–Kier alpha value is -2.23. The third-order valence-electron chi connectivity index (χ3n) is 2.89. The first kappa shape index (κ1) is 28.0. The van der Waals surface area contributed by atoms with Crippen molar-refractivity contribution < 1.29 is 49.7 Å². The molecule has 0 aromatic heterocycles. The number of hydrogen-bond acceptors (Lipinski definition) is 10. The summed E-state index contributed by atoms with van der Waals surface area (Å²) in [6.07, 6.45) is 0. The maximum atomic E-state index is 10.7. The number of carboxylic acid groups (broad SMARTS) is 2. The van der Waals surface area contributed by atoms with Crippen molar-refractivity contribution in [3.63, 3.8) is 0 Å². The van der Waals surface area contributed by atoms with E-state index in [1.54, 1.807) is 0 Å². The second-order valence-corrected chi connectivity index (χ2v) is 4.41. The van der Waals surface area contributed by atoms with E-state index in [0.717, 1.165) is 12.1 Å². The Morgan fingerprint density at radius 2 is 0.821 bits per heavy atom. The summed E-state index contributed by atoms with van der Waals surface area (Å²) in [6, 6.07) is 10.3. The van der Waals surface area contributed by atoms with Gasteiger partial charge >= 0.3 is 58.0 Å². The van der Waals surface area contributed by atoms with E-state index >= 15 is 0 Å². The molecule has 0 saturated carbocycles. The maximum Gasteiger partial charge on any atom is 2.00 e. The SMILES string of the molecule is O=C([O-])c1ccccc1C(=O)O[O-].O=C([O-])c1ccccc1C(=O)O[O-].[Mg+2].[Mg+2]. The van der Waals surface area contributed by atoms with E-state index in [9.17, 15) is 39.9 Å². The minimum Gasteiger partial charge on any atom is -0.661 e. The van der Waals surface area contributed by atoms with Crippen LogP contribution >= 0.6 is 0 Å². The smallest absolute Gasteiger partial charge is 0.661 e. The van der Waals surface area contributed by atoms with Crippen molar-refractivity contribution in [3.05, 3.63) is 70.8 Å². The third kappa shape index (κ3) is 7.79. The zero-order valence-electron chi connectivity index (χ0n) is 14.1. The third-order valence-corrected chi connectivity index (χ3v) is 2.89. The maximum absolute atomic E-state index is 10.7. The monoisotopic (exact) mass is 408 g/mol. The van der Waals surface area contributed by atoms with Gasteiger partial charge in [0.15, 0.2) is 0 Å². The summed E-state index contributed by atoms with van der Waals surface area (Å²) in [6.45, 7) is 0. The largest absolute Gasteiger partial charge is 2.00 e. The molecule has 0 aliphatic rings. The normalized spacial score (nSPS) is 8.64. The summed E-state index contributed by atoms with van der Waals surface area (Å²) in [5.41, 5.74) is -1.33. The quantitative estimate of drug-likeness (QED) is 0.276. The van der Waals surface area contributed by atoms with Crippen LogP contribution in [0.15, 0.2) is 48.5 Å². The molecular formula is C16H8Mg2O10. The fourth-order valence-electron chi connectivity index (χ4n) is 1.77. The number of carbonyl (C=O) groups is 4. The van der Waals surface area contributed by atoms with Crippen molar-refractivity contribution in [2.75, 3.05) is 0 Å². The summed E-state index contributed by atoms with van der Waals surface area (Å²) in [5, 5.41) is 40.3. The van der Waals surface area contributed by atoms with E-state index in [1.165, 1.54) is 36.4 Å². The van der Waals surface area contributed by atoms with Gasteiger partial charge in [-0.3, -0.25) is 0 Å². The van der Waals surface area contributed by atoms with E-state index in [-0.39, 0.29) is 68.4 Å². The second-order valence-electron chi connectivity index (χ2n) is 4.41. The minimum atomic E-state index is -1.53. The molecule has 0 atom stereocenters. The topological polar surface area (TPSA) is 179 Å². The molecule has 10 nitrogen and oxygen atoms in total. The van der Waals surface area contributed by atoms with Gasteiger partial charge in [-0.1, -0.05) is 36.4 Å². The zero-order chi connectivity index (χ0) is 19.7. The van der Waals surface area contributed by atoms with Gasteiger partial charge in [-0.2, -0.15) is 0 Å². The van der Waals surface area contributed by atoms with Crippen molar-refractivity contribution >= 4 is 70.0 Å². The fourth-order valence-corrected chi connectivity index (χ4v) is 1.77. The molecule has 0 fully saturated rings. The van der Waals surface area contributed by atoms with E-state index in [0.29, 0.717) is 0 Å². The van der Waals surface area contributed by atoms with Crippen LogP contribution in [0.2, 0.25) is 0 Å². The van der Waals surface area contributed by atoms with Crippen molar-refractivity contribution in [2.24, 2.45) is 0 Å². The number of benzene rings is 2. The first-order chi connectivity index (χ1) is 12.3. The van der Waals surface area contributed by atoms with Gasteiger partial charge in [0.2, 0.25) is 0 Å². The molecule has 0 unspecified atom stereocenters. The Bertz CT molecular complexity index is 768. The molecule has 0 N–H and O–H groups in total. The van der Waals surface area contributed by atoms with Crippen LogP contribution in [0.25, 0.3) is 0 Å². The zero-order valence-corrected chi connectivity index (χ0v) is 16.9. The number of hydrogen-bond donors (Lipinski definition) is 0. The van der Waals surface area contributed by atoms with Crippen LogP contribution in [0.4, 0.5) is 0 Å². The number of rotatable bonds is 4. The minimum absolute atomic E-state index is 0. The standard InChI is InChI=1S/2C8H6O5.2Mg/c2*9-7(10)5-3-1-2-4-6(5)8(11)13-12;;/h2*1-4,12H,(H,9,10);;/q;;2*+2/p-4. The molecule has 0 heterocycles. The summed E-state index contributed by atoms with van der Waals surface area (Å²) in [5.74, 6) is -5.53. The summed E-state index contributed by atoms with van der Waals surface area (Å²) >= 11 is 0. The van der Waals surface area contributed by atoms with Gasteiger partial charge in [0.05, 0.1) is 23.1 Å². The van der Waals surface area contributed by atoms with Crippen molar-refractivity contribution in [2.45, 2.75) is 0 Å². The predicted molar refractivity (Wildman–Crippen MR) is 83.9 cm³/mol. The molecule has 136 valence electrons. The first-order valence-electron chi connectivity index (χ1n) is 6.62. The summed E-state index contributed by atoms with van der Waals surface area (Å²) in [4.78, 5) is 48.6. The molecule has 2 aromatic carbocycles. The van der Waals surface area contributed by atoms with Crippen LogP contribution < -0.4 is 20.7 Å². The Labute approximate surface area is 189 Å². The van der Waals surface area contributed by atoms with Crippen molar-refractivity contribution in [3.8, 4) is 0 Å². The van der Waals surface area contributed by atoms with Crippen molar-refractivity contribution in [1.82, 2.24) is 0 Å². The molecule has 0 aliphatic heterocycles. The van der Waals surface area contributed by atoms with Gasteiger partial charge in [0, 0.05) is 11.1 Å². The van der Waals surface area contributed by atoms with Crippen molar-refractivity contribution in [1.29, 1.82) is 0 Å².